The van der Waals surface area contributed by atoms with Gasteiger partial charge < -0.3 is 10.4 Å². The van der Waals surface area contributed by atoms with E-state index < -0.39 is 16.1 Å². The third-order valence-electron chi connectivity index (χ3n) is 3.90. The molecule has 1 fully saturated rings. The maximum Gasteiger partial charge on any atom is 0.238 e. The van der Waals surface area contributed by atoms with E-state index in [1.807, 2.05) is 20.8 Å². The van der Waals surface area contributed by atoms with Crippen molar-refractivity contribution in [2.45, 2.75) is 58.5 Å². The number of carbonyl (C=O) groups is 1. The zero-order chi connectivity index (χ0) is 16.0. The number of amides is 1. The van der Waals surface area contributed by atoms with Crippen molar-refractivity contribution in [2.75, 3.05) is 18.9 Å². The number of hydrogen-bond acceptors (Lipinski definition) is 4. The van der Waals surface area contributed by atoms with Gasteiger partial charge in [-0.15, -0.1) is 0 Å². The van der Waals surface area contributed by atoms with E-state index in [-0.39, 0.29) is 30.2 Å². The lowest BCUT2D eigenvalue weighted by molar-refractivity contribution is -0.125. The molecule has 0 radical (unpaired) electrons. The van der Waals surface area contributed by atoms with Crippen LogP contribution in [-0.4, -0.2) is 54.7 Å². The van der Waals surface area contributed by atoms with Gasteiger partial charge in [0.2, 0.25) is 15.9 Å². The molecule has 1 amide bonds. The second kappa shape index (κ2) is 8.10. The van der Waals surface area contributed by atoms with E-state index in [9.17, 15) is 13.2 Å². The molecule has 0 aromatic heterocycles. The van der Waals surface area contributed by atoms with Crippen LogP contribution in [0.1, 0.15) is 46.5 Å². The van der Waals surface area contributed by atoms with E-state index in [2.05, 4.69) is 5.32 Å². The summed E-state index contributed by atoms with van der Waals surface area (Å²) in [4.78, 5) is 12.4. The van der Waals surface area contributed by atoms with Gasteiger partial charge in [0.25, 0.3) is 0 Å². The summed E-state index contributed by atoms with van der Waals surface area (Å²) in [6.07, 6.45) is 2.32. The van der Waals surface area contributed by atoms with Gasteiger partial charge in [0.05, 0.1) is 5.75 Å². The van der Waals surface area contributed by atoms with Crippen LogP contribution in [-0.2, 0) is 14.8 Å². The predicted molar refractivity (Wildman–Crippen MR) is 82.3 cm³/mol. The second-order valence-electron chi connectivity index (χ2n) is 5.96. The molecule has 1 rings (SSSR count). The Morgan fingerprint density at radius 3 is 2.62 bits per heavy atom. The molecule has 1 aliphatic heterocycles. The second-order valence-corrected chi connectivity index (χ2v) is 8.00. The normalized spacial score (nSPS) is 21.7. The maximum atomic E-state index is 12.4. The van der Waals surface area contributed by atoms with E-state index in [1.54, 1.807) is 0 Å². The fourth-order valence-corrected chi connectivity index (χ4v) is 4.45. The summed E-state index contributed by atoms with van der Waals surface area (Å²) < 4.78 is 25.7. The fourth-order valence-electron chi connectivity index (χ4n) is 2.70. The van der Waals surface area contributed by atoms with Crippen LogP contribution in [0.2, 0.25) is 0 Å². The number of hydrogen-bond donors (Lipinski definition) is 2. The number of carbonyl (C=O) groups excluding carboxylic acids is 1. The smallest absolute Gasteiger partial charge is 0.238 e. The van der Waals surface area contributed by atoms with Crippen LogP contribution < -0.4 is 5.32 Å². The Bertz CT molecular complexity index is 436. The third kappa shape index (κ3) is 4.93. The third-order valence-corrected chi connectivity index (χ3v) is 5.97. The van der Waals surface area contributed by atoms with Crippen molar-refractivity contribution in [1.29, 1.82) is 0 Å². The Labute approximate surface area is 128 Å². The Balaban J connectivity index is 2.76. The number of sulfonamides is 1. The molecule has 2 atom stereocenters. The number of rotatable bonds is 8. The van der Waals surface area contributed by atoms with Crippen LogP contribution in [0, 0.1) is 5.92 Å². The SMILES string of the molecule is CCCS(=O)(=O)N1CCCC1C(=O)NC(CCO)C(C)C. The lowest BCUT2D eigenvalue weighted by atomic mass is 10.0. The predicted octanol–water partition coefficient (Wildman–Crippen LogP) is 0.714. The molecule has 6 nitrogen and oxygen atoms in total. The zero-order valence-corrected chi connectivity index (χ0v) is 14.0. The van der Waals surface area contributed by atoms with E-state index in [1.165, 1.54) is 4.31 Å². The fraction of sp³-hybridized carbons (Fsp3) is 0.929. The van der Waals surface area contributed by atoms with Crippen LogP contribution >= 0.6 is 0 Å². The van der Waals surface area contributed by atoms with Gasteiger partial charge in [-0.1, -0.05) is 20.8 Å². The Morgan fingerprint density at radius 2 is 2.10 bits per heavy atom. The van der Waals surface area contributed by atoms with E-state index >= 15 is 0 Å². The van der Waals surface area contributed by atoms with Crippen LogP contribution in [0.3, 0.4) is 0 Å². The Hall–Kier alpha value is -0.660. The minimum absolute atomic E-state index is 0.00560. The summed E-state index contributed by atoms with van der Waals surface area (Å²) in [7, 11) is -3.35. The first-order chi connectivity index (χ1) is 9.83. The van der Waals surface area contributed by atoms with E-state index in [0.29, 0.717) is 32.2 Å². The van der Waals surface area contributed by atoms with Crippen LogP contribution in [0.5, 0.6) is 0 Å². The first-order valence-corrected chi connectivity index (χ1v) is 9.35. The van der Waals surface area contributed by atoms with Gasteiger partial charge in [-0.25, -0.2) is 8.42 Å². The molecular formula is C14H28N2O4S. The molecule has 1 aliphatic rings. The molecule has 0 spiro atoms. The number of nitrogens with one attached hydrogen (secondary N) is 1. The monoisotopic (exact) mass is 320 g/mol. The highest BCUT2D eigenvalue weighted by atomic mass is 32.2. The lowest BCUT2D eigenvalue weighted by Gasteiger charge is -2.27. The van der Waals surface area contributed by atoms with Crippen LogP contribution in [0.15, 0.2) is 0 Å². The molecule has 2 unspecified atom stereocenters. The van der Waals surface area contributed by atoms with E-state index in [0.717, 1.165) is 0 Å². The average molecular weight is 320 g/mol. The number of nitrogens with zero attached hydrogens (tertiary/aromatic N) is 1. The van der Waals surface area contributed by atoms with Crippen LogP contribution in [0.25, 0.3) is 0 Å². The molecule has 7 heteroatoms. The van der Waals surface area contributed by atoms with Gasteiger partial charge in [-0.2, -0.15) is 4.31 Å². The van der Waals surface area contributed by atoms with Crippen molar-refractivity contribution in [1.82, 2.24) is 9.62 Å². The molecule has 0 bridgehead atoms. The Kier molecular flexibility index (Phi) is 7.09. The molecule has 1 saturated heterocycles. The topological polar surface area (TPSA) is 86.7 Å². The molecule has 21 heavy (non-hydrogen) atoms. The van der Waals surface area contributed by atoms with Crippen LogP contribution in [0.4, 0.5) is 0 Å². The van der Waals surface area contributed by atoms with Gasteiger partial charge in [-0.3, -0.25) is 4.79 Å². The molecule has 0 aromatic carbocycles. The summed E-state index contributed by atoms with van der Waals surface area (Å²) in [5.41, 5.74) is 0. The Morgan fingerprint density at radius 1 is 1.43 bits per heavy atom. The van der Waals surface area contributed by atoms with Crippen molar-refractivity contribution in [2.24, 2.45) is 5.92 Å². The summed E-state index contributed by atoms with van der Waals surface area (Å²) in [6.45, 7) is 6.19. The summed E-state index contributed by atoms with van der Waals surface area (Å²) in [6, 6.07) is -0.722. The van der Waals surface area contributed by atoms with Crippen molar-refractivity contribution < 1.29 is 18.3 Å². The minimum atomic E-state index is -3.35. The zero-order valence-electron chi connectivity index (χ0n) is 13.2. The first-order valence-electron chi connectivity index (χ1n) is 7.74. The van der Waals surface area contributed by atoms with Gasteiger partial charge in [0.15, 0.2) is 0 Å². The summed E-state index contributed by atoms with van der Waals surface area (Å²) in [5.74, 6) is 0.0450. The maximum absolute atomic E-state index is 12.4. The first kappa shape index (κ1) is 18.4. The van der Waals surface area contributed by atoms with Crippen molar-refractivity contribution >= 4 is 15.9 Å². The highest BCUT2D eigenvalue weighted by molar-refractivity contribution is 7.89. The summed E-state index contributed by atoms with van der Waals surface area (Å²) >= 11 is 0. The molecule has 124 valence electrons. The van der Waals surface area contributed by atoms with Crippen molar-refractivity contribution in [3.63, 3.8) is 0 Å². The van der Waals surface area contributed by atoms with Gasteiger partial charge in [-0.05, 0) is 31.6 Å². The molecule has 2 N–H and O–H groups in total. The number of aliphatic hydroxyl groups excluding tert-OH is 1. The van der Waals surface area contributed by atoms with Gasteiger partial charge in [0, 0.05) is 19.2 Å². The van der Waals surface area contributed by atoms with Crippen molar-refractivity contribution in [3.05, 3.63) is 0 Å². The quantitative estimate of drug-likeness (QED) is 0.690. The minimum Gasteiger partial charge on any atom is -0.396 e. The number of aliphatic hydroxyl groups is 1. The van der Waals surface area contributed by atoms with Crippen molar-refractivity contribution in [3.8, 4) is 0 Å². The highest BCUT2D eigenvalue weighted by Gasteiger charge is 2.38. The summed E-state index contributed by atoms with van der Waals surface area (Å²) in [5, 5.41) is 12.0. The molecule has 0 aromatic rings. The average Bonchev–Trinajstić information content (AvgIpc) is 2.88. The van der Waals surface area contributed by atoms with Gasteiger partial charge in [0.1, 0.15) is 6.04 Å². The molecule has 0 aliphatic carbocycles. The highest BCUT2D eigenvalue weighted by Crippen LogP contribution is 2.22. The standard InChI is InChI=1S/C14H28N2O4S/c1-4-10-21(19,20)16-8-5-6-13(16)14(18)15-12(7-9-17)11(2)3/h11-13,17H,4-10H2,1-3H3,(H,15,18). The molecule has 0 saturated carbocycles. The largest absolute Gasteiger partial charge is 0.396 e. The van der Waals surface area contributed by atoms with E-state index in [4.69, 9.17) is 5.11 Å². The van der Waals surface area contributed by atoms with Gasteiger partial charge >= 0.3 is 0 Å². The molecule has 1 heterocycles. The molecular weight excluding hydrogens is 292 g/mol. The lowest BCUT2D eigenvalue weighted by Crippen LogP contribution is -2.50.